The number of carbonyl (C=O) groups is 2. The molecule has 0 aliphatic heterocycles. The Labute approximate surface area is 181 Å². The fraction of sp³-hybridized carbons (Fsp3) is 0.200. The zero-order valence-corrected chi connectivity index (χ0v) is 17.6. The average molecular weight is 419 g/mol. The van der Waals surface area contributed by atoms with Crippen molar-refractivity contribution in [3.8, 4) is 17.2 Å². The van der Waals surface area contributed by atoms with Gasteiger partial charge in [-0.2, -0.15) is 0 Å². The van der Waals surface area contributed by atoms with Crippen LogP contribution in [0.1, 0.15) is 29.3 Å². The topological polar surface area (TPSA) is 73.9 Å². The highest BCUT2D eigenvalue weighted by Crippen LogP contribution is 2.18. The number of esters is 1. The van der Waals surface area contributed by atoms with Crippen LogP contribution in [0.25, 0.3) is 0 Å². The first-order valence-corrected chi connectivity index (χ1v) is 10.0. The number of amides is 1. The molecule has 0 heterocycles. The van der Waals surface area contributed by atoms with Crippen molar-refractivity contribution in [3.63, 3.8) is 0 Å². The van der Waals surface area contributed by atoms with Gasteiger partial charge in [0.15, 0.2) is 6.61 Å². The standard InChI is InChI=1S/C25H25NO5/c1-3-4-18-5-11-22(12-6-18)30-17-24(27)31-23-13-7-19(8-14-23)25(28)26-20-9-15-21(29-2)16-10-20/h5-16H,3-4,17H2,1-2H3,(H,26,28). The van der Waals surface area contributed by atoms with E-state index in [1.807, 2.05) is 24.3 Å². The first-order valence-electron chi connectivity index (χ1n) is 10.0. The zero-order chi connectivity index (χ0) is 22.1. The second kappa shape index (κ2) is 10.8. The van der Waals surface area contributed by atoms with E-state index in [1.165, 1.54) is 5.56 Å². The number of hydrogen-bond donors (Lipinski definition) is 1. The van der Waals surface area contributed by atoms with E-state index in [-0.39, 0.29) is 12.5 Å². The molecular formula is C25H25NO5. The third-order valence-electron chi connectivity index (χ3n) is 4.51. The van der Waals surface area contributed by atoms with Crippen molar-refractivity contribution in [3.05, 3.63) is 83.9 Å². The fourth-order valence-electron chi connectivity index (χ4n) is 2.90. The quantitative estimate of drug-likeness (QED) is 0.395. The SMILES string of the molecule is CCCc1ccc(OCC(=O)Oc2ccc(C(=O)Nc3ccc(OC)cc3)cc2)cc1. The van der Waals surface area contributed by atoms with E-state index in [0.717, 1.165) is 12.8 Å². The fourth-order valence-corrected chi connectivity index (χ4v) is 2.90. The second-order valence-corrected chi connectivity index (χ2v) is 6.86. The van der Waals surface area contributed by atoms with Crippen molar-refractivity contribution in [2.45, 2.75) is 19.8 Å². The van der Waals surface area contributed by atoms with E-state index in [4.69, 9.17) is 14.2 Å². The second-order valence-electron chi connectivity index (χ2n) is 6.86. The lowest BCUT2D eigenvalue weighted by Gasteiger charge is -2.09. The maximum Gasteiger partial charge on any atom is 0.349 e. The summed E-state index contributed by atoms with van der Waals surface area (Å²) in [4.78, 5) is 24.4. The molecule has 6 heteroatoms. The molecule has 0 bridgehead atoms. The summed E-state index contributed by atoms with van der Waals surface area (Å²) in [5, 5.41) is 2.80. The van der Waals surface area contributed by atoms with Gasteiger partial charge in [0, 0.05) is 11.3 Å². The summed E-state index contributed by atoms with van der Waals surface area (Å²) in [5.74, 6) is 0.878. The molecule has 0 atom stereocenters. The van der Waals surface area contributed by atoms with Crippen LogP contribution in [0, 0.1) is 0 Å². The predicted molar refractivity (Wildman–Crippen MR) is 119 cm³/mol. The van der Waals surface area contributed by atoms with E-state index in [9.17, 15) is 9.59 Å². The van der Waals surface area contributed by atoms with E-state index < -0.39 is 5.97 Å². The van der Waals surface area contributed by atoms with Gasteiger partial charge in [0.25, 0.3) is 5.91 Å². The first-order chi connectivity index (χ1) is 15.1. The molecule has 3 aromatic carbocycles. The van der Waals surface area contributed by atoms with Gasteiger partial charge < -0.3 is 19.5 Å². The van der Waals surface area contributed by atoms with E-state index in [1.54, 1.807) is 55.6 Å². The number of rotatable bonds is 9. The lowest BCUT2D eigenvalue weighted by Crippen LogP contribution is -2.18. The molecule has 0 saturated carbocycles. The molecular weight excluding hydrogens is 394 g/mol. The highest BCUT2D eigenvalue weighted by Gasteiger charge is 2.10. The van der Waals surface area contributed by atoms with Crippen LogP contribution in [0.2, 0.25) is 0 Å². The average Bonchev–Trinajstić information content (AvgIpc) is 2.80. The van der Waals surface area contributed by atoms with Gasteiger partial charge in [0.1, 0.15) is 17.2 Å². The molecule has 0 unspecified atom stereocenters. The first kappa shape index (κ1) is 21.9. The third-order valence-corrected chi connectivity index (χ3v) is 4.51. The van der Waals surface area contributed by atoms with Gasteiger partial charge in [-0.05, 0) is 72.6 Å². The summed E-state index contributed by atoms with van der Waals surface area (Å²) in [6.45, 7) is 1.92. The monoisotopic (exact) mass is 419 g/mol. The van der Waals surface area contributed by atoms with Gasteiger partial charge in [-0.15, -0.1) is 0 Å². The number of nitrogens with one attached hydrogen (secondary N) is 1. The number of methoxy groups -OCH3 is 1. The summed E-state index contributed by atoms with van der Waals surface area (Å²) < 4.78 is 15.8. The van der Waals surface area contributed by atoms with Crippen molar-refractivity contribution in [2.75, 3.05) is 19.0 Å². The molecule has 31 heavy (non-hydrogen) atoms. The molecule has 6 nitrogen and oxygen atoms in total. The number of anilines is 1. The smallest absolute Gasteiger partial charge is 0.349 e. The Hall–Kier alpha value is -3.80. The highest BCUT2D eigenvalue weighted by atomic mass is 16.6. The Morgan fingerprint density at radius 3 is 2.03 bits per heavy atom. The molecule has 160 valence electrons. The van der Waals surface area contributed by atoms with Crippen molar-refractivity contribution in [2.24, 2.45) is 0 Å². The normalized spacial score (nSPS) is 10.3. The summed E-state index contributed by atoms with van der Waals surface area (Å²) >= 11 is 0. The van der Waals surface area contributed by atoms with Crippen LogP contribution in [0.5, 0.6) is 17.2 Å². The molecule has 0 aliphatic rings. The van der Waals surface area contributed by atoms with Gasteiger partial charge in [-0.1, -0.05) is 25.5 Å². The minimum atomic E-state index is -0.520. The van der Waals surface area contributed by atoms with Gasteiger partial charge in [0.2, 0.25) is 0 Å². The summed E-state index contributed by atoms with van der Waals surface area (Å²) in [7, 11) is 1.58. The lowest BCUT2D eigenvalue weighted by atomic mass is 10.1. The molecule has 1 N–H and O–H groups in total. The Morgan fingerprint density at radius 2 is 1.42 bits per heavy atom. The Bertz CT molecular complexity index is 996. The van der Waals surface area contributed by atoms with Crippen LogP contribution in [0.3, 0.4) is 0 Å². The predicted octanol–water partition coefficient (Wildman–Crippen LogP) is 4.88. The van der Waals surface area contributed by atoms with Crippen LogP contribution in [-0.2, 0) is 11.2 Å². The largest absolute Gasteiger partial charge is 0.497 e. The van der Waals surface area contributed by atoms with Gasteiger partial charge in [0.05, 0.1) is 7.11 Å². The molecule has 0 saturated heterocycles. The molecule has 0 aliphatic carbocycles. The Kier molecular flexibility index (Phi) is 7.65. The lowest BCUT2D eigenvalue weighted by molar-refractivity contribution is -0.136. The van der Waals surface area contributed by atoms with Crippen LogP contribution >= 0.6 is 0 Å². The Balaban J connectivity index is 1.48. The van der Waals surface area contributed by atoms with E-state index >= 15 is 0 Å². The van der Waals surface area contributed by atoms with Crippen LogP contribution < -0.4 is 19.5 Å². The molecule has 1 amide bonds. The minimum Gasteiger partial charge on any atom is -0.497 e. The maximum atomic E-state index is 12.4. The summed E-state index contributed by atoms with van der Waals surface area (Å²) in [6, 6.07) is 21.0. The summed E-state index contributed by atoms with van der Waals surface area (Å²) in [6.07, 6.45) is 2.09. The Morgan fingerprint density at radius 1 is 0.806 bits per heavy atom. The molecule has 0 spiro atoms. The number of carbonyl (C=O) groups excluding carboxylic acids is 2. The number of aryl methyl sites for hydroxylation is 1. The zero-order valence-electron chi connectivity index (χ0n) is 17.6. The maximum absolute atomic E-state index is 12.4. The van der Waals surface area contributed by atoms with Crippen LogP contribution in [0.15, 0.2) is 72.8 Å². The molecule has 0 aromatic heterocycles. The molecule has 0 radical (unpaired) electrons. The van der Waals surface area contributed by atoms with E-state index in [0.29, 0.717) is 28.5 Å². The molecule has 3 aromatic rings. The third kappa shape index (κ3) is 6.60. The summed E-state index contributed by atoms with van der Waals surface area (Å²) in [5.41, 5.74) is 2.33. The highest BCUT2D eigenvalue weighted by molar-refractivity contribution is 6.04. The number of benzene rings is 3. The van der Waals surface area contributed by atoms with Crippen molar-refractivity contribution in [1.29, 1.82) is 0 Å². The van der Waals surface area contributed by atoms with Crippen molar-refractivity contribution in [1.82, 2.24) is 0 Å². The number of ether oxygens (including phenoxy) is 3. The van der Waals surface area contributed by atoms with Crippen molar-refractivity contribution >= 4 is 17.6 Å². The minimum absolute atomic E-state index is 0.202. The molecule has 0 fully saturated rings. The van der Waals surface area contributed by atoms with Gasteiger partial charge in [-0.25, -0.2) is 4.79 Å². The van der Waals surface area contributed by atoms with Crippen LogP contribution in [0.4, 0.5) is 5.69 Å². The molecule has 3 rings (SSSR count). The van der Waals surface area contributed by atoms with Crippen LogP contribution in [-0.4, -0.2) is 25.6 Å². The van der Waals surface area contributed by atoms with E-state index in [2.05, 4.69) is 12.2 Å². The van der Waals surface area contributed by atoms with Gasteiger partial charge in [-0.3, -0.25) is 4.79 Å². The number of hydrogen-bond acceptors (Lipinski definition) is 5. The van der Waals surface area contributed by atoms with Gasteiger partial charge >= 0.3 is 5.97 Å². The van der Waals surface area contributed by atoms with Crippen molar-refractivity contribution < 1.29 is 23.8 Å².